The number of aliphatic hydroxyl groups is 1. The molecule has 0 radical (unpaired) electrons. The molecule has 19 heteroatoms. The highest BCUT2D eigenvalue weighted by molar-refractivity contribution is 7.66. The number of nitrogens with zero attached hydrogens (tertiary/aromatic N) is 1. The lowest BCUT2D eigenvalue weighted by Gasteiger charge is -2.26. The summed E-state index contributed by atoms with van der Waals surface area (Å²) in [6, 6.07) is 1.04. The van der Waals surface area contributed by atoms with Crippen LogP contribution in [0.3, 0.4) is 0 Å². The molecule has 1 aromatic heterocycles. The molecule has 2 heterocycles. The summed E-state index contributed by atoms with van der Waals surface area (Å²) < 4.78 is 52.5. The summed E-state index contributed by atoms with van der Waals surface area (Å²) in [5, 5.41) is 10.2. The van der Waals surface area contributed by atoms with Gasteiger partial charge in [0.05, 0.1) is 12.2 Å². The highest BCUT2D eigenvalue weighted by Gasteiger charge is 2.46. The summed E-state index contributed by atoms with van der Waals surface area (Å²) in [5.41, 5.74) is -1.49. The molecule has 172 valence electrons. The quantitative estimate of drug-likeness (QED) is 0.232. The smallest absolute Gasteiger partial charge is 0.390 e. The Labute approximate surface area is 167 Å². The third-order valence-electron chi connectivity index (χ3n) is 3.75. The number of aromatic nitrogens is 2. The number of nitrogens with one attached hydrogen (secondary N) is 1. The Bertz CT molecular complexity index is 1010. The maximum Gasteiger partial charge on any atom is 0.490 e. The van der Waals surface area contributed by atoms with Crippen LogP contribution in [0.2, 0.25) is 0 Å². The molecule has 6 atom stereocenters. The molecule has 1 saturated heterocycles. The van der Waals surface area contributed by atoms with Crippen LogP contribution in [0.1, 0.15) is 26.0 Å². The Hall–Kier alpha value is -0.990. The van der Waals surface area contributed by atoms with Crippen LogP contribution < -0.4 is 11.2 Å². The van der Waals surface area contributed by atoms with Crippen LogP contribution in [-0.2, 0) is 31.6 Å². The van der Waals surface area contributed by atoms with Gasteiger partial charge in [-0.15, -0.1) is 0 Å². The molecule has 30 heavy (non-hydrogen) atoms. The first-order valence-electron chi connectivity index (χ1n) is 8.09. The zero-order chi connectivity index (χ0) is 22.9. The molecular formula is C11H19N2O14P3. The van der Waals surface area contributed by atoms with Crippen LogP contribution in [-0.4, -0.2) is 52.5 Å². The average Bonchev–Trinajstić information content (AvgIpc) is 2.90. The van der Waals surface area contributed by atoms with E-state index in [9.17, 15) is 38.2 Å². The summed E-state index contributed by atoms with van der Waals surface area (Å²) in [5.74, 6) is 0. The number of phosphoric acid groups is 3. The van der Waals surface area contributed by atoms with E-state index in [4.69, 9.17) is 19.0 Å². The van der Waals surface area contributed by atoms with Gasteiger partial charge in [0.25, 0.3) is 5.56 Å². The molecule has 0 bridgehead atoms. The Morgan fingerprint density at radius 3 is 2.37 bits per heavy atom. The second-order valence-corrected chi connectivity index (χ2v) is 10.4. The number of hydrogen-bond donors (Lipinski definition) is 6. The number of ether oxygens (including phenoxy) is 1. The molecule has 0 aromatic carbocycles. The normalized spacial score (nSPS) is 27.3. The summed E-state index contributed by atoms with van der Waals surface area (Å²) in [6.45, 7) is 1.44. The molecule has 1 aromatic rings. The SMILES string of the molecule is CCC(OP(=O)(O)OP(=O)(O)OP(=O)(O)O)[C@H]1O[C@@H](n2ccc(=O)[nH]c2=O)C[C@@H]1O. The molecule has 0 saturated carbocycles. The first-order valence-corrected chi connectivity index (χ1v) is 12.6. The third kappa shape index (κ3) is 7.02. The molecule has 0 amide bonds. The largest absolute Gasteiger partial charge is 0.490 e. The van der Waals surface area contributed by atoms with Gasteiger partial charge in [-0.3, -0.25) is 18.9 Å². The first kappa shape index (κ1) is 25.3. The zero-order valence-corrected chi connectivity index (χ0v) is 17.8. The van der Waals surface area contributed by atoms with E-state index in [1.165, 1.54) is 6.92 Å². The van der Waals surface area contributed by atoms with Crippen molar-refractivity contribution in [2.45, 2.75) is 44.3 Å². The Morgan fingerprint density at radius 1 is 1.20 bits per heavy atom. The number of hydrogen-bond acceptors (Lipinski definition) is 10. The van der Waals surface area contributed by atoms with E-state index in [1.54, 1.807) is 0 Å². The number of rotatable bonds is 9. The standard InChI is InChI=1S/C11H19N2O14P3/c1-2-7(25-29(20,21)27-30(22,23)26-28(17,18)19)10-6(14)5-9(24-10)13-4-3-8(15)12-11(13)16/h3-4,6-7,9-10,14H,2,5H2,1H3,(H,20,21)(H,22,23)(H,12,15,16)(H2,17,18,19)/t6-,7?,9+,10-/m0/s1. The maximum atomic E-state index is 12.0. The molecule has 6 N–H and O–H groups in total. The summed E-state index contributed by atoms with van der Waals surface area (Å²) >= 11 is 0. The highest BCUT2D eigenvalue weighted by Crippen LogP contribution is 2.66. The van der Waals surface area contributed by atoms with E-state index in [0.29, 0.717) is 0 Å². The average molecular weight is 496 g/mol. The fourth-order valence-electron chi connectivity index (χ4n) is 2.67. The molecule has 16 nitrogen and oxygen atoms in total. The van der Waals surface area contributed by atoms with E-state index >= 15 is 0 Å². The maximum absolute atomic E-state index is 12.0. The van der Waals surface area contributed by atoms with Crippen molar-refractivity contribution in [2.24, 2.45) is 0 Å². The van der Waals surface area contributed by atoms with Gasteiger partial charge in [-0.25, -0.2) is 18.5 Å². The van der Waals surface area contributed by atoms with Gasteiger partial charge in [0.15, 0.2) is 0 Å². The van der Waals surface area contributed by atoms with Crippen LogP contribution >= 0.6 is 23.5 Å². The molecule has 0 spiro atoms. The van der Waals surface area contributed by atoms with Crippen molar-refractivity contribution >= 4 is 23.5 Å². The lowest BCUT2D eigenvalue weighted by atomic mass is 10.1. The minimum atomic E-state index is -5.70. The number of aromatic amines is 1. The van der Waals surface area contributed by atoms with Crippen molar-refractivity contribution < 1.29 is 56.3 Å². The summed E-state index contributed by atoms with van der Waals surface area (Å²) in [7, 11) is -16.7. The van der Waals surface area contributed by atoms with Gasteiger partial charge >= 0.3 is 29.2 Å². The van der Waals surface area contributed by atoms with Gasteiger partial charge in [-0.2, -0.15) is 8.62 Å². The number of phosphoric ester groups is 1. The second-order valence-electron chi connectivity index (χ2n) is 6.02. The number of aliphatic hydroxyl groups excluding tert-OH is 1. The van der Waals surface area contributed by atoms with Crippen molar-refractivity contribution in [2.75, 3.05) is 0 Å². The van der Waals surface area contributed by atoms with E-state index in [-0.39, 0.29) is 12.8 Å². The minimum absolute atomic E-state index is 0.0992. The van der Waals surface area contributed by atoms with Crippen LogP contribution in [0.5, 0.6) is 0 Å². The Balaban J connectivity index is 2.14. The molecule has 0 aliphatic carbocycles. The third-order valence-corrected chi connectivity index (χ3v) is 7.62. The highest BCUT2D eigenvalue weighted by atomic mass is 31.3. The van der Waals surface area contributed by atoms with Gasteiger partial charge in [0.1, 0.15) is 12.3 Å². The molecule has 3 unspecified atom stereocenters. The molecular weight excluding hydrogens is 477 g/mol. The van der Waals surface area contributed by atoms with E-state index in [0.717, 1.165) is 16.8 Å². The summed E-state index contributed by atoms with van der Waals surface area (Å²) in [6.07, 6.45) is -4.30. The number of H-pyrrole nitrogens is 1. The van der Waals surface area contributed by atoms with Gasteiger partial charge in [-0.1, -0.05) is 6.92 Å². The first-order chi connectivity index (χ1) is 13.6. The topological polar surface area (TPSA) is 244 Å². The molecule has 2 rings (SSSR count). The molecule has 1 aliphatic heterocycles. The molecule has 1 fully saturated rings. The van der Waals surface area contributed by atoms with Gasteiger partial charge < -0.3 is 29.4 Å². The van der Waals surface area contributed by atoms with Crippen LogP contribution in [0.25, 0.3) is 0 Å². The van der Waals surface area contributed by atoms with E-state index < -0.39 is 59.3 Å². The van der Waals surface area contributed by atoms with Crippen LogP contribution in [0.4, 0.5) is 0 Å². The molecule has 1 aliphatic rings. The Kier molecular flexibility index (Phi) is 7.79. The zero-order valence-electron chi connectivity index (χ0n) is 15.1. The summed E-state index contributed by atoms with van der Waals surface area (Å²) in [4.78, 5) is 60.9. The van der Waals surface area contributed by atoms with Crippen LogP contribution in [0.15, 0.2) is 21.9 Å². The van der Waals surface area contributed by atoms with Gasteiger partial charge in [0, 0.05) is 18.7 Å². The second kappa shape index (κ2) is 9.25. The van der Waals surface area contributed by atoms with Crippen molar-refractivity contribution in [3.8, 4) is 0 Å². The predicted octanol–water partition coefficient (Wildman–Crippen LogP) is -0.693. The fraction of sp³-hybridized carbons (Fsp3) is 0.636. The van der Waals surface area contributed by atoms with Crippen molar-refractivity contribution in [3.05, 3.63) is 33.1 Å². The van der Waals surface area contributed by atoms with Gasteiger partial charge in [0.2, 0.25) is 0 Å². The monoisotopic (exact) mass is 496 g/mol. The van der Waals surface area contributed by atoms with Crippen molar-refractivity contribution in [1.82, 2.24) is 9.55 Å². The minimum Gasteiger partial charge on any atom is -0.390 e. The van der Waals surface area contributed by atoms with Crippen LogP contribution in [0, 0.1) is 0 Å². The van der Waals surface area contributed by atoms with E-state index in [1.807, 2.05) is 4.98 Å². The lowest BCUT2D eigenvalue weighted by molar-refractivity contribution is -0.0811. The van der Waals surface area contributed by atoms with E-state index in [2.05, 4.69) is 8.62 Å². The fourth-order valence-corrected chi connectivity index (χ4v) is 5.95. The Morgan fingerprint density at radius 2 is 1.83 bits per heavy atom. The van der Waals surface area contributed by atoms with Crippen molar-refractivity contribution in [3.63, 3.8) is 0 Å². The van der Waals surface area contributed by atoms with Crippen molar-refractivity contribution in [1.29, 1.82) is 0 Å². The predicted molar refractivity (Wildman–Crippen MR) is 94.9 cm³/mol. The lowest BCUT2D eigenvalue weighted by Crippen LogP contribution is -2.36. The van der Waals surface area contributed by atoms with Gasteiger partial charge in [-0.05, 0) is 6.42 Å².